The fourth-order valence-corrected chi connectivity index (χ4v) is 2.30. The molecule has 0 spiro atoms. The molecule has 0 aliphatic carbocycles. The van der Waals surface area contributed by atoms with Gasteiger partial charge in [0.1, 0.15) is 5.82 Å². The molecule has 2 heterocycles. The summed E-state index contributed by atoms with van der Waals surface area (Å²) < 4.78 is 37.9. The molecule has 4 nitrogen and oxygen atoms in total. The van der Waals surface area contributed by atoms with Gasteiger partial charge in [-0.15, -0.1) is 0 Å². The quantitative estimate of drug-likeness (QED) is 0.920. The maximum atomic E-state index is 12.6. The number of nitrogens with zero attached hydrogens (tertiary/aromatic N) is 2. The number of rotatable bonds is 3. The monoisotopic (exact) mass is 274 g/mol. The van der Waals surface area contributed by atoms with E-state index >= 15 is 0 Å². The van der Waals surface area contributed by atoms with E-state index in [1.165, 1.54) is 0 Å². The van der Waals surface area contributed by atoms with Crippen molar-refractivity contribution in [1.82, 2.24) is 4.98 Å². The predicted octanol–water partition coefficient (Wildman–Crippen LogP) is 2.54. The Morgan fingerprint density at radius 1 is 1.53 bits per heavy atom. The van der Waals surface area contributed by atoms with E-state index in [-0.39, 0.29) is 18.3 Å². The summed E-state index contributed by atoms with van der Waals surface area (Å²) in [4.78, 5) is 16.3. The third kappa shape index (κ3) is 3.15. The molecule has 0 bridgehead atoms. The van der Waals surface area contributed by atoms with E-state index in [0.29, 0.717) is 13.0 Å². The fraction of sp³-hybridized carbons (Fsp3) is 0.500. The molecule has 104 valence electrons. The van der Waals surface area contributed by atoms with Crippen LogP contribution in [0.15, 0.2) is 18.3 Å². The SMILES string of the molecule is O=C(O)CC1CCCN1c1cc(C(F)(F)F)ccn1. The van der Waals surface area contributed by atoms with E-state index in [1.54, 1.807) is 4.90 Å². The minimum absolute atomic E-state index is 0.0854. The first-order valence-electron chi connectivity index (χ1n) is 5.89. The molecule has 1 unspecified atom stereocenters. The van der Waals surface area contributed by atoms with Crippen molar-refractivity contribution in [3.63, 3.8) is 0 Å². The van der Waals surface area contributed by atoms with Crippen LogP contribution in [0.3, 0.4) is 0 Å². The Hall–Kier alpha value is -1.79. The maximum absolute atomic E-state index is 12.6. The number of hydrogen-bond acceptors (Lipinski definition) is 3. The van der Waals surface area contributed by atoms with Gasteiger partial charge in [0.15, 0.2) is 0 Å². The van der Waals surface area contributed by atoms with E-state index < -0.39 is 17.7 Å². The maximum Gasteiger partial charge on any atom is 0.416 e. The van der Waals surface area contributed by atoms with E-state index in [4.69, 9.17) is 5.11 Å². The Labute approximate surface area is 107 Å². The van der Waals surface area contributed by atoms with Crippen LogP contribution in [0.5, 0.6) is 0 Å². The summed E-state index contributed by atoms with van der Waals surface area (Å²) in [5, 5.41) is 8.80. The van der Waals surface area contributed by atoms with Crippen LogP contribution in [0, 0.1) is 0 Å². The molecule has 1 aromatic heterocycles. The van der Waals surface area contributed by atoms with E-state index in [9.17, 15) is 18.0 Å². The van der Waals surface area contributed by atoms with Crippen LogP contribution < -0.4 is 4.90 Å². The predicted molar refractivity (Wildman–Crippen MR) is 61.9 cm³/mol. The minimum atomic E-state index is -4.42. The third-order valence-electron chi connectivity index (χ3n) is 3.15. The van der Waals surface area contributed by atoms with Crippen molar-refractivity contribution >= 4 is 11.8 Å². The van der Waals surface area contributed by atoms with Crippen molar-refractivity contribution in [3.05, 3.63) is 23.9 Å². The lowest BCUT2D eigenvalue weighted by atomic mass is 10.1. The number of halogens is 3. The Kier molecular flexibility index (Phi) is 3.64. The van der Waals surface area contributed by atoms with Crippen molar-refractivity contribution < 1.29 is 23.1 Å². The molecule has 1 atom stereocenters. The van der Waals surface area contributed by atoms with Gasteiger partial charge in [-0.05, 0) is 25.0 Å². The van der Waals surface area contributed by atoms with Crippen LogP contribution >= 0.6 is 0 Å². The molecule has 1 aliphatic heterocycles. The van der Waals surface area contributed by atoms with Crippen molar-refractivity contribution in [2.24, 2.45) is 0 Å². The Morgan fingerprint density at radius 2 is 2.26 bits per heavy atom. The summed E-state index contributed by atoms with van der Waals surface area (Å²) in [5.41, 5.74) is -0.765. The van der Waals surface area contributed by atoms with Gasteiger partial charge in [0.2, 0.25) is 0 Å². The molecule has 1 aromatic rings. The van der Waals surface area contributed by atoms with Crippen molar-refractivity contribution in [2.45, 2.75) is 31.5 Å². The van der Waals surface area contributed by atoms with Gasteiger partial charge in [-0.3, -0.25) is 4.79 Å². The number of aromatic nitrogens is 1. The van der Waals surface area contributed by atoms with Gasteiger partial charge in [0.05, 0.1) is 12.0 Å². The zero-order valence-corrected chi connectivity index (χ0v) is 10.0. The first-order chi connectivity index (χ1) is 8.88. The van der Waals surface area contributed by atoms with Crippen LogP contribution in [0.4, 0.5) is 19.0 Å². The van der Waals surface area contributed by atoms with Gasteiger partial charge in [-0.25, -0.2) is 4.98 Å². The molecule has 19 heavy (non-hydrogen) atoms. The second-order valence-corrected chi connectivity index (χ2v) is 4.49. The normalized spacial score (nSPS) is 19.7. The standard InChI is InChI=1S/C12H13F3N2O2/c13-12(14,15)8-3-4-16-10(6-8)17-5-1-2-9(17)7-11(18)19/h3-4,6,9H,1-2,5,7H2,(H,18,19). The fourth-order valence-electron chi connectivity index (χ4n) is 2.30. The largest absolute Gasteiger partial charge is 0.481 e. The molecule has 7 heteroatoms. The molecule has 1 aliphatic rings. The second-order valence-electron chi connectivity index (χ2n) is 4.49. The van der Waals surface area contributed by atoms with Crippen LogP contribution in [-0.2, 0) is 11.0 Å². The first kappa shape index (κ1) is 13.6. The summed E-state index contributed by atoms with van der Waals surface area (Å²) in [5.74, 6) is -0.762. The minimum Gasteiger partial charge on any atom is -0.481 e. The van der Waals surface area contributed by atoms with E-state index in [0.717, 1.165) is 24.8 Å². The number of carboxylic acid groups (broad SMARTS) is 1. The highest BCUT2D eigenvalue weighted by molar-refractivity contribution is 5.68. The number of aliphatic carboxylic acids is 1. The highest BCUT2D eigenvalue weighted by Gasteiger charge is 2.33. The van der Waals surface area contributed by atoms with Crippen molar-refractivity contribution in [2.75, 3.05) is 11.4 Å². The van der Waals surface area contributed by atoms with Gasteiger partial charge in [-0.1, -0.05) is 0 Å². The van der Waals surface area contributed by atoms with Crippen molar-refractivity contribution in [3.8, 4) is 0 Å². The summed E-state index contributed by atoms with van der Waals surface area (Å²) in [6, 6.07) is 1.60. The molecule has 0 radical (unpaired) electrons. The number of hydrogen-bond donors (Lipinski definition) is 1. The lowest BCUT2D eigenvalue weighted by Crippen LogP contribution is -2.32. The average Bonchev–Trinajstić information content (AvgIpc) is 2.75. The lowest BCUT2D eigenvalue weighted by molar-refractivity contribution is -0.138. The number of pyridine rings is 1. The molecule has 0 amide bonds. The number of carbonyl (C=O) groups is 1. The molecule has 1 saturated heterocycles. The third-order valence-corrected chi connectivity index (χ3v) is 3.15. The zero-order chi connectivity index (χ0) is 14.0. The molecule has 0 aromatic carbocycles. The second kappa shape index (κ2) is 5.07. The lowest BCUT2D eigenvalue weighted by Gasteiger charge is -2.25. The van der Waals surface area contributed by atoms with Gasteiger partial charge >= 0.3 is 12.1 Å². The molecule has 0 saturated carbocycles. The molecule has 1 N–H and O–H groups in total. The van der Waals surface area contributed by atoms with E-state index in [2.05, 4.69) is 4.98 Å². The van der Waals surface area contributed by atoms with Crippen LogP contribution in [0.25, 0.3) is 0 Å². The highest BCUT2D eigenvalue weighted by atomic mass is 19.4. The molecular formula is C12H13F3N2O2. The molecular weight excluding hydrogens is 261 g/mol. The summed E-state index contributed by atoms with van der Waals surface area (Å²) in [6.07, 6.45) is -1.98. The average molecular weight is 274 g/mol. The summed E-state index contributed by atoms with van der Waals surface area (Å²) in [7, 11) is 0. The molecule has 1 fully saturated rings. The highest BCUT2D eigenvalue weighted by Crippen LogP contribution is 2.33. The van der Waals surface area contributed by atoms with Crippen LogP contribution in [0.2, 0.25) is 0 Å². The van der Waals surface area contributed by atoms with Gasteiger partial charge in [0.25, 0.3) is 0 Å². The number of carboxylic acids is 1. The first-order valence-corrected chi connectivity index (χ1v) is 5.89. The summed E-state index contributed by atoms with van der Waals surface area (Å²) >= 11 is 0. The van der Waals surface area contributed by atoms with Gasteiger partial charge < -0.3 is 10.0 Å². The van der Waals surface area contributed by atoms with Crippen molar-refractivity contribution in [1.29, 1.82) is 0 Å². The van der Waals surface area contributed by atoms with Crippen LogP contribution in [0.1, 0.15) is 24.8 Å². The Balaban J connectivity index is 2.23. The Morgan fingerprint density at radius 3 is 2.89 bits per heavy atom. The number of anilines is 1. The summed E-state index contributed by atoms with van der Waals surface area (Å²) in [6.45, 7) is 0.534. The topological polar surface area (TPSA) is 53.4 Å². The smallest absolute Gasteiger partial charge is 0.416 e. The zero-order valence-electron chi connectivity index (χ0n) is 10.0. The van der Waals surface area contributed by atoms with Gasteiger partial charge in [-0.2, -0.15) is 13.2 Å². The Bertz CT molecular complexity index is 476. The van der Waals surface area contributed by atoms with Gasteiger partial charge in [0, 0.05) is 18.8 Å². The molecule has 2 rings (SSSR count). The van der Waals surface area contributed by atoms with Crippen LogP contribution in [-0.4, -0.2) is 28.6 Å². The van der Waals surface area contributed by atoms with E-state index in [1.807, 2.05) is 0 Å². The number of alkyl halides is 3.